The van der Waals surface area contributed by atoms with Gasteiger partial charge in [0.1, 0.15) is 5.60 Å². The fraction of sp³-hybridized carbons (Fsp3) is 0.353. The van der Waals surface area contributed by atoms with Crippen molar-refractivity contribution in [3.8, 4) is 0 Å². The Morgan fingerprint density at radius 2 is 1.96 bits per heavy atom. The van der Waals surface area contributed by atoms with E-state index in [1.165, 1.54) is 6.07 Å². The van der Waals surface area contributed by atoms with Gasteiger partial charge in [0.05, 0.1) is 6.42 Å². The molecule has 1 aromatic heterocycles. The van der Waals surface area contributed by atoms with Crippen molar-refractivity contribution in [1.82, 2.24) is 9.97 Å². The van der Waals surface area contributed by atoms with Crippen molar-refractivity contribution in [3.05, 3.63) is 46.7 Å². The van der Waals surface area contributed by atoms with E-state index in [2.05, 4.69) is 15.3 Å². The van der Waals surface area contributed by atoms with Gasteiger partial charge in [-0.05, 0) is 39.0 Å². The Morgan fingerprint density at radius 3 is 2.54 bits per heavy atom. The Hall–Kier alpha value is -2.35. The maximum atomic E-state index is 13.3. The molecule has 2 aromatic rings. The Kier molecular flexibility index (Phi) is 5.75. The molecule has 1 N–H and O–H groups in total. The summed E-state index contributed by atoms with van der Waals surface area (Å²) in [5, 5.41) is 3.06. The lowest BCUT2D eigenvalue weighted by molar-refractivity contribution is -0.154. The molecule has 0 aliphatic rings. The summed E-state index contributed by atoms with van der Waals surface area (Å²) >= 11 is 5.84. The molecule has 0 atom stereocenters. The molecule has 0 fully saturated rings. The minimum Gasteiger partial charge on any atom is -0.460 e. The molecule has 9 heteroatoms. The molecule has 0 unspecified atom stereocenters. The second kappa shape index (κ2) is 7.49. The molecule has 1 aromatic carbocycles. The molecular weight excluding hydrogens is 371 g/mol. The lowest BCUT2D eigenvalue weighted by atomic mass is 10.1. The van der Waals surface area contributed by atoms with Crippen LogP contribution in [0.3, 0.4) is 0 Å². The van der Waals surface area contributed by atoms with Gasteiger partial charge in [-0.1, -0.05) is 17.7 Å². The highest BCUT2D eigenvalue weighted by atomic mass is 35.5. The van der Waals surface area contributed by atoms with Gasteiger partial charge in [0.25, 0.3) is 0 Å². The number of nitrogens with one attached hydrogen (secondary N) is 1. The first-order chi connectivity index (χ1) is 11.9. The van der Waals surface area contributed by atoms with Gasteiger partial charge in [-0.3, -0.25) is 4.79 Å². The van der Waals surface area contributed by atoms with E-state index in [4.69, 9.17) is 16.3 Å². The van der Waals surface area contributed by atoms with E-state index in [1.807, 2.05) is 0 Å². The number of hydrogen-bond acceptors (Lipinski definition) is 5. The topological polar surface area (TPSA) is 64.1 Å². The van der Waals surface area contributed by atoms with Crippen molar-refractivity contribution in [3.63, 3.8) is 0 Å². The van der Waals surface area contributed by atoms with Crippen LogP contribution in [0.15, 0.2) is 30.5 Å². The molecule has 0 spiro atoms. The van der Waals surface area contributed by atoms with E-state index in [-0.39, 0.29) is 11.5 Å². The number of alkyl halides is 3. The molecule has 0 saturated heterocycles. The quantitative estimate of drug-likeness (QED) is 0.765. The zero-order valence-electron chi connectivity index (χ0n) is 14.3. The highest BCUT2D eigenvalue weighted by Gasteiger charge is 2.37. The summed E-state index contributed by atoms with van der Waals surface area (Å²) in [6, 6.07) is 6.38. The van der Waals surface area contributed by atoms with E-state index in [9.17, 15) is 18.0 Å². The Labute approximate surface area is 153 Å². The van der Waals surface area contributed by atoms with E-state index >= 15 is 0 Å². The first-order valence-corrected chi connectivity index (χ1v) is 7.99. The molecule has 2 rings (SSSR count). The number of carbonyl (C=O) groups is 1. The molecule has 0 aliphatic carbocycles. The number of benzene rings is 1. The summed E-state index contributed by atoms with van der Waals surface area (Å²) < 4.78 is 45.0. The predicted octanol–water partition coefficient (Wildman–Crippen LogP) is 4.78. The van der Waals surface area contributed by atoms with Crippen LogP contribution in [0.5, 0.6) is 0 Å². The number of hydrogen-bond donors (Lipinski definition) is 1. The fourth-order valence-corrected chi connectivity index (χ4v) is 2.26. The van der Waals surface area contributed by atoms with Crippen LogP contribution in [-0.2, 0) is 22.1 Å². The standard InChI is InChI=1S/C17H17ClF3N3O2/c1-16(2,3)26-13(25)7-10-9-22-15(24-14(10)17(19,20)21)23-12-6-4-5-11(18)8-12/h4-6,8-9H,7H2,1-3H3,(H,22,23,24). The zero-order valence-corrected chi connectivity index (χ0v) is 15.1. The molecule has 26 heavy (non-hydrogen) atoms. The summed E-state index contributed by atoms with van der Waals surface area (Å²) in [5.74, 6) is -1.05. The smallest absolute Gasteiger partial charge is 0.433 e. The molecule has 140 valence electrons. The third-order valence-electron chi connectivity index (χ3n) is 2.97. The van der Waals surface area contributed by atoms with Crippen LogP contribution in [0, 0.1) is 0 Å². The summed E-state index contributed by atoms with van der Waals surface area (Å²) in [4.78, 5) is 19.2. The molecule has 0 bridgehead atoms. The van der Waals surface area contributed by atoms with Crippen LogP contribution in [0.2, 0.25) is 5.02 Å². The molecule has 0 radical (unpaired) electrons. The van der Waals surface area contributed by atoms with Crippen molar-refractivity contribution in [2.75, 3.05) is 5.32 Å². The van der Waals surface area contributed by atoms with Gasteiger partial charge < -0.3 is 10.1 Å². The minimum atomic E-state index is -4.74. The predicted molar refractivity (Wildman–Crippen MR) is 91.3 cm³/mol. The van der Waals surface area contributed by atoms with Gasteiger partial charge in [0.15, 0.2) is 5.69 Å². The molecule has 0 amide bonds. The lowest BCUT2D eigenvalue weighted by Gasteiger charge is -2.20. The third-order valence-corrected chi connectivity index (χ3v) is 3.20. The molecule has 5 nitrogen and oxygen atoms in total. The average molecular weight is 388 g/mol. The molecule has 0 saturated carbocycles. The zero-order chi connectivity index (χ0) is 19.5. The van der Waals surface area contributed by atoms with E-state index in [0.29, 0.717) is 10.7 Å². The SMILES string of the molecule is CC(C)(C)OC(=O)Cc1cnc(Nc2cccc(Cl)c2)nc1C(F)(F)F. The number of aromatic nitrogens is 2. The van der Waals surface area contributed by atoms with Gasteiger partial charge in [-0.25, -0.2) is 9.97 Å². The first kappa shape index (κ1) is 20.0. The summed E-state index contributed by atoms with van der Waals surface area (Å²) in [7, 11) is 0. The Bertz CT molecular complexity index is 805. The van der Waals surface area contributed by atoms with Gasteiger partial charge in [0.2, 0.25) is 5.95 Å². The largest absolute Gasteiger partial charge is 0.460 e. The lowest BCUT2D eigenvalue weighted by Crippen LogP contribution is -2.26. The highest BCUT2D eigenvalue weighted by Crippen LogP contribution is 2.32. The van der Waals surface area contributed by atoms with Crippen LogP contribution in [0.25, 0.3) is 0 Å². The number of carbonyl (C=O) groups excluding carboxylic acids is 1. The maximum Gasteiger partial charge on any atom is 0.433 e. The number of rotatable bonds is 4. The van der Waals surface area contributed by atoms with Crippen LogP contribution >= 0.6 is 11.6 Å². The number of anilines is 2. The average Bonchev–Trinajstić information content (AvgIpc) is 2.45. The molecular formula is C17H17ClF3N3O2. The summed E-state index contributed by atoms with van der Waals surface area (Å²) in [6.45, 7) is 4.89. The van der Waals surface area contributed by atoms with Crippen molar-refractivity contribution in [1.29, 1.82) is 0 Å². The molecule has 0 aliphatic heterocycles. The number of ether oxygens (including phenoxy) is 1. The van der Waals surface area contributed by atoms with Crippen LogP contribution in [0.1, 0.15) is 32.0 Å². The van der Waals surface area contributed by atoms with Crippen LogP contribution in [-0.4, -0.2) is 21.5 Å². The number of halogens is 4. The van der Waals surface area contributed by atoms with E-state index in [1.54, 1.807) is 39.0 Å². The van der Waals surface area contributed by atoms with Crippen molar-refractivity contribution in [2.24, 2.45) is 0 Å². The second-order valence-corrected chi connectivity index (χ2v) is 6.90. The summed E-state index contributed by atoms with van der Waals surface area (Å²) in [5.41, 5.74) is -1.92. The van der Waals surface area contributed by atoms with Crippen molar-refractivity contribution < 1.29 is 22.7 Å². The minimum absolute atomic E-state index is 0.257. The van der Waals surface area contributed by atoms with Crippen LogP contribution in [0.4, 0.5) is 24.8 Å². The van der Waals surface area contributed by atoms with Crippen molar-refractivity contribution in [2.45, 2.75) is 39.0 Å². The second-order valence-electron chi connectivity index (χ2n) is 6.46. The van der Waals surface area contributed by atoms with Gasteiger partial charge in [-0.15, -0.1) is 0 Å². The fourth-order valence-electron chi connectivity index (χ4n) is 2.07. The van der Waals surface area contributed by atoms with Gasteiger partial charge >= 0.3 is 12.1 Å². The van der Waals surface area contributed by atoms with E-state index < -0.39 is 29.9 Å². The van der Waals surface area contributed by atoms with Crippen molar-refractivity contribution >= 4 is 29.2 Å². The Balaban J connectivity index is 2.28. The third kappa shape index (κ3) is 5.87. The van der Waals surface area contributed by atoms with Gasteiger partial charge in [0, 0.05) is 22.5 Å². The normalized spacial score (nSPS) is 12.0. The van der Waals surface area contributed by atoms with E-state index in [0.717, 1.165) is 6.20 Å². The monoisotopic (exact) mass is 387 g/mol. The van der Waals surface area contributed by atoms with Gasteiger partial charge in [-0.2, -0.15) is 13.2 Å². The molecule has 1 heterocycles. The highest BCUT2D eigenvalue weighted by molar-refractivity contribution is 6.30. The number of nitrogens with zero attached hydrogens (tertiary/aromatic N) is 2. The maximum absolute atomic E-state index is 13.3. The summed E-state index contributed by atoms with van der Waals surface area (Å²) in [6.07, 6.45) is -4.36. The van der Waals surface area contributed by atoms with Crippen LogP contribution < -0.4 is 5.32 Å². The number of esters is 1. The first-order valence-electron chi connectivity index (χ1n) is 7.61. The Morgan fingerprint density at radius 1 is 1.27 bits per heavy atom.